The monoisotopic (exact) mass is 329 g/mol. The molecule has 0 aliphatic carbocycles. The Morgan fingerprint density at radius 2 is 2.21 bits per heavy atom. The summed E-state index contributed by atoms with van der Waals surface area (Å²) in [5, 5.41) is 0. The van der Waals surface area contributed by atoms with E-state index in [-0.39, 0.29) is 23.8 Å². The lowest BCUT2D eigenvalue weighted by Gasteiger charge is -2.35. The van der Waals surface area contributed by atoms with Crippen molar-refractivity contribution in [1.82, 2.24) is 14.5 Å². The maximum atomic E-state index is 13.4. The standard InChI is InChI=1S/C18H20FN3O2/c1-18(12-14-5-2-6-15(19)11-14)7-3-10-22(18)16(23)13-21-9-4-8-20-17(21)24/h2,4-6,8-9,11H,3,7,10,12-13H2,1H3. The number of carbonyl (C=O) groups is 1. The fourth-order valence-electron chi connectivity index (χ4n) is 3.46. The van der Waals surface area contributed by atoms with Gasteiger partial charge in [-0.1, -0.05) is 12.1 Å². The Bertz CT molecular complexity index is 805. The van der Waals surface area contributed by atoms with Gasteiger partial charge in [0.15, 0.2) is 0 Å². The Balaban J connectivity index is 1.78. The third-order valence-electron chi connectivity index (χ3n) is 4.61. The first-order valence-corrected chi connectivity index (χ1v) is 8.04. The predicted molar refractivity (Wildman–Crippen MR) is 88.0 cm³/mol. The summed E-state index contributed by atoms with van der Waals surface area (Å²) in [6.45, 7) is 2.65. The molecule has 1 aromatic carbocycles. The Morgan fingerprint density at radius 1 is 1.38 bits per heavy atom. The van der Waals surface area contributed by atoms with Crippen LogP contribution in [0.25, 0.3) is 0 Å². The molecule has 3 rings (SSSR count). The number of aromatic nitrogens is 2. The van der Waals surface area contributed by atoms with Crippen LogP contribution < -0.4 is 5.69 Å². The molecule has 1 fully saturated rings. The average molecular weight is 329 g/mol. The molecule has 0 spiro atoms. The molecule has 0 N–H and O–H groups in total. The van der Waals surface area contributed by atoms with Gasteiger partial charge in [0.25, 0.3) is 0 Å². The van der Waals surface area contributed by atoms with E-state index in [4.69, 9.17) is 0 Å². The molecule has 1 unspecified atom stereocenters. The summed E-state index contributed by atoms with van der Waals surface area (Å²) in [5.74, 6) is -0.379. The number of likely N-dealkylation sites (tertiary alicyclic amines) is 1. The fourth-order valence-corrected chi connectivity index (χ4v) is 3.46. The minimum Gasteiger partial charge on any atom is -0.335 e. The highest BCUT2D eigenvalue weighted by Gasteiger charge is 2.39. The van der Waals surface area contributed by atoms with Gasteiger partial charge in [0.2, 0.25) is 5.91 Å². The van der Waals surface area contributed by atoms with Gasteiger partial charge in [-0.05, 0) is 49.9 Å². The van der Waals surface area contributed by atoms with Crippen LogP contribution in [-0.2, 0) is 17.8 Å². The van der Waals surface area contributed by atoms with Crippen LogP contribution in [-0.4, -0.2) is 32.4 Å². The maximum absolute atomic E-state index is 13.4. The van der Waals surface area contributed by atoms with Crippen LogP contribution in [0.3, 0.4) is 0 Å². The first kappa shape index (κ1) is 16.4. The van der Waals surface area contributed by atoms with Crippen molar-refractivity contribution in [3.63, 3.8) is 0 Å². The Morgan fingerprint density at radius 3 is 2.96 bits per heavy atom. The molecule has 126 valence electrons. The van der Waals surface area contributed by atoms with Crippen molar-refractivity contribution in [2.75, 3.05) is 6.54 Å². The second-order valence-corrected chi connectivity index (χ2v) is 6.48. The van der Waals surface area contributed by atoms with Gasteiger partial charge >= 0.3 is 5.69 Å². The third-order valence-corrected chi connectivity index (χ3v) is 4.61. The summed E-state index contributed by atoms with van der Waals surface area (Å²) < 4.78 is 14.7. The molecule has 1 saturated heterocycles. The molecular formula is C18H20FN3O2. The Labute approximate surface area is 139 Å². The third kappa shape index (κ3) is 3.37. The summed E-state index contributed by atoms with van der Waals surface area (Å²) in [4.78, 5) is 29.9. The molecule has 1 aromatic heterocycles. The number of nitrogens with zero attached hydrogens (tertiary/aromatic N) is 3. The molecule has 2 aromatic rings. The molecule has 2 heterocycles. The highest BCUT2D eigenvalue weighted by Crippen LogP contribution is 2.32. The maximum Gasteiger partial charge on any atom is 0.347 e. The zero-order valence-electron chi connectivity index (χ0n) is 13.6. The van der Waals surface area contributed by atoms with Crippen LogP contribution in [0.15, 0.2) is 47.5 Å². The summed E-state index contributed by atoms with van der Waals surface area (Å²) in [5.41, 5.74) is 0.0732. The molecule has 1 aliphatic heterocycles. The molecule has 1 amide bonds. The van der Waals surface area contributed by atoms with Gasteiger partial charge < -0.3 is 4.90 Å². The molecule has 1 atom stereocenters. The van der Waals surface area contributed by atoms with E-state index in [0.717, 1.165) is 18.4 Å². The van der Waals surface area contributed by atoms with Crippen LogP contribution in [0.2, 0.25) is 0 Å². The van der Waals surface area contributed by atoms with Gasteiger partial charge in [-0.25, -0.2) is 14.2 Å². The Kier molecular flexibility index (Phi) is 4.46. The lowest BCUT2D eigenvalue weighted by molar-refractivity contribution is -0.135. The van der Waals surface area contributed by atoms with Crippen LogP contribution in [0.4, 0.5) is 4.39 Å². The van der Waals surface area contributed by atoms with Crippen molar-refractivity contribution >= 4 is 5.91 Å². The van der Waals surface area contributed by atoms with Crippen molar-refractivity contribution in [3.05, 3.63) is 64.6 Å². The van der Waals surface area contributed by atoms with E-state index in [1.165, 1.54) is 22.9 Å². The van der Waals surface area contributed by atoms with Gasteiger partial charge in [0.1, 0.15) is 12.4 Å². The van der Waals surface area contributed by atoms with E-state index < -0.39 is 5.69 Å². The molecule has 1 aliphatic rings. The lowest BCUT2D eigenvalue weighted by atomic mass is 9.90. The van der Waals surface area contributed by atoms with Crippen LogP contribution in [0, 0.1) is 5.82 Å². The first-order chi connectivity index (χ1) is 11.5. The number of halogens is 1. The van der Waals surface area contributed by atoms with Gasteiger partial charge in [0, 0.05) is 24.5 Å². The quantitative estimate of drug-likeness (QED) is 0.862. The highest BCUT2D eigenvalue weighted by molar-refractivity contribution is 5.77. The van der Waals surface area contributed by atoms with Gasteiger partial charge in [-0.2, -0.15) is 0 Å². The van der Waals surface area contributed by atoms with E-state index in [0.29, 0.717) is 13.0 Å². The molecule has 0 bridgehead atoms. The Hall–Kier alpha value is -2.50. The van der Waals surface area contributed by atoms with E-state index in [1.54, 1.807) is 18.3 Å². The normalized spacial score (nSPS) is 20.3. The van der Waals surface area contributed by atoms with E-state index >= 15 is 0 Å². The smallest absolute Gasteiger partial charge is 0.335 e. The zero-order chi connectivity index (χ0) is 17.2. The van der Waals surface area contributed by atoms with Crippen LogP contribution >= 0.6 is 0 Å². The number of rotatable bonds is 4. The molecule has 0 saturated carbocycles. The van der Waals surface area contributed by atoms with Crippen molar-refractivity contribution in [2.24, 2.45) is 0 Å². The van der Waals surface area contributed by atoms with E-state index in [2.05, 4.69) is 4.98 Å². The summed E-state index contributed by atoms with van der Waals surface area (Å²) in [6, 6.07) is 8.12. The van der Waals surface area contributed by atoms with Crippen molar-refractivity contribution in [3.8, 4) is 0 Å². The molecule has 0 radical (unpaired) electrons. The van der Waals surface area contributed by atoms with Crippen LogP contribution in [0.1, 0.15) is 25.3 Å². The SMILES string of the molecule is CC1(Cc2cccc(F)c2)CCCN1C(=O)Cn1cccnc1=O. The van der Waals surface area contributed by atoms with Crippen molar-refractivity contribution in [1.29, 1.82) is 0 Å². The summed E-state index contributed by atoms with van der Waals surface area (Å²) in [6.07, 6.45) is 5.33. The topological polar surface area (TPSA) is 55.2 Å². The number of benzene rings is 1. The van der Waals surface area contributed by atoms with E-state index in [9.17, 15) is 14.0 Å². The fraction of sp³-hybridized carbons (Fsp3) is 0.389. The number of hydrogen-bond donors (Lipinski definition) is 0. The minimum absolute atomic E-state index is 0.0224. The van der Waals surface area contributed by atoms with Gasteiger partial charge in [-0.3, -0.25) is 9.36 Å². The summed E-state index contributed by atoms with van der Waals surface area (Å²) in [7, 11) is 0. The first-order valence-electron chi connectivity index (χ1n) is 8.04. The lowest BCUT2D eigenvalue weighted by Crippen LogP contribution is -2.48. The predicted octanol–water partition coefficient (Wildman–Crippen LogP) is 2.01. The number of hydrogen-bond acceptors (Lipinski definition) is 3. The minimum atomic E-state index is -0.433. The zero-order valence-corrected chi connectivity index (χ0v) is 13.6. The number of amides is 1. The number of carbonyl (C=O) groups excluding carboxylic acids is 1. The van der Waals surface area contributed by atoms with E-state index in [1.807, 2.05) is 17.9 Å². The van der Waals surface area contributed by atoms with Gasteiger partial charge in [-0.15, -0.1) is 0 Å². The highest BCUT2D eigenvalue weighted by atomic mass is 19.1. The molecule has 5 nitrogen and oxygen atoms in total. The molecular weight excluding hydrogens is 309 g/mol. The van der Waals surface area contributed by atoms with Crippen LogP contribution in [0.5, 0.6) is 0 Å². The summed E-state index contributed by atoms with van der Waals surface area (Å²) >= 11 is 0. The second-order valence-electron chi connectivity index (χ2n) is 6.48. The molecule has 24 heavy (non-hydrogen) atoms. The molecule has 6 heteroatoms. The second kappa shape index (κ2) is 6.55. The average Bonchev–Trinajstić information content (AvgIpc) is 2.91. The van der Waals surface area contributed by atoms with Crippen molar-refractivity contribution < 1.29 is 9.18 Å². The van der Waals surface area contributed by atoms with Crippen molar-refractivity contribution in [2.45, 2.75) is 38.3 Å². The largest absolute Gasteiger partial charge is 0.347 e. The van der Waals surface area contributed by atoms with Gasteiger partial charge in [0.05, 0.1) is 0 Å².